The zero-order chi connectivity index (χ0) is 16.9. The van der Waals surface area contributed by atoms with Gasteiger partial charge in [-0.3, -0.25) is 4.79 Å². The van der Waals surface area contributed by atoms with Gasteiger partial charge in [-0.05, 0) is 51.9 Å². The first-order valence-electron chi connectivity index (χ1n) is 8.97. The first-order valence-corrected chi connectivity index (χ1v) is 8.97. The number of carbonyl (C=O) groups is 2. The third kappa shape index (κ3) is 5.37. The van der Waals surface area contributed by atoms with Crippen molar-refractivity contribution in [2.45, 2.75) is 70.4 Å². The highest BCUT2D eigenvalue weighted by Gasteiger charge is 2.33. The molecule has 6 nitrogen and oxygen atoms in total. The summed E-state index contributed by atoms with van der Waals surface area (Å²) in [6.07, 6.45) is 6.46. The Kier molecular flexibility index (Phi) is 6.27. The van der Waals surface area contributed by atoms with Gasteiger partial charge in [-0.15, -0.1) is 0 Å². The molecule has 132 valence electrons. The molecular formula is C17H31N3O3. The smallest absolute Gasteiger partial charge is 0.315 e. The Morgan fingerprint density at radius 3 is 2.57 bits per heavy atom. The van der Waals surface area contributed by atoms with E-state index >= 15 is 0 Å². The summed E-state index contributed by atoms with van der Waals surface area (Å²) in [6.45, 7) is 5.60. The van der Waals surface area contributed by atoms with Gasteiger partial charge in [-0.25, -0.2) is 4.79 Å². The molecule has 0 aromatic rings. The van der Waals surface area contributed by atoms with Gasteiger partial charge in [0.25, 0.3) is 0 Å². The van der Waals surface area contributed by atoms with E-state index in [9.17, 15) is 14.7 Å². The summed E-state index contributed by atoms with van der Waals surface area (Å²) in [5.41, 5.74) is -0.875. The molecule has 3 N–H and O–H groups in total. The Hall–Kier alpha value is -1.30. The van der Waals surface area contributed by atoms with E-state index in [1.165, 1.54) is 6.42 Å². The monoisotopic (exact) mass is 325 g/mol. The number of nitrogens with zero attached hydrogens (tertiary/aromatic N) is 1. The number of piperidine rings is 1. The van der Waals surface area contributed by atoms with Crippen molar-refractivity contribution in [2.75, 3.05) is 19.6 Å². The minimum atomic E-state index is -0.875. The molecular weight excluding hydrogens is 294 g/mol. The number of aliphatic hydroxyl groups is 1. The van der Waals surface area contributed by atoms with Crippen molar-refractivity contribution in [2.24, 2.45) is 5.92 Å². The van der Waals surface area contributed by atoms with Crippen LogP contribution in [0.2, 0.25) is 0 Å². The standard InChI is InChI=1S/C17H31N3O3/c1-3-17(2,23)12-18-16(22)19-14-8-7-13(11-14)15(21)20-9-5-4-6-10-20/h13-14,23H,3-12H2,1-2H3,(H2,18,19,22)/t13-,14+,17?/m1/s1. The van der Waals surface area contributed by atoms with Crippen molar-refractivity contribution in [3.63, 3.8) is 0 Å². The lowest BCUT2D eigenvalue weighted by molar-refractivity contribution is -0.136. The van der Waals surface area contributed by atoms with E-state index in [1.807, 2.05) is 11.8 Å². The molecule has 2 fully saturated rings. The van der Waals surface area contributed by atoms with Gasteiger partial charge in [0.05, 0.1) is 5.60 Å². The van der Waals surface area contributed by atoms with Crippen molar-refractivity contribution >= 4 is 11.9 Å². The second-order valence-corrected chi connectivity index (χ2v) is 7.27. The summed E-state index contributed by atoms with van der Waals surface area (Å²) in [7, 11) is 0. The Labute approximate surface area is 139 Å². The van der Waals surface area contributed by atoms with E-state index in [1.54, 1.807) is 6.92 Å². The van der Waals surface area contributed by atoms with Crippen molar-refractivity contribution in [3.05, 3.63) is 0 Å². The topological polar surface area (TPSA) is 81.7 Å². The molecule has 1 aliphatic heterocycles. The summed E-state index contributed by atoms with van der Waals surface area (Å²) in [6, 6.07) is -0.199. The predicted octanol–water partition coefficient (Wildman–Crippen LogP) is 1.63. The Bertz CT molecular complexity index is 419. The van der Waals surface area contributed by atoms with Crippen molar-refractivity contribution in [1.82, 2.24) is 15.5 Å². The average molecular weight is 325 g/mol. The van der Waals surface area contributed by atoms with Crippen LogP contribution in [0.3, 0.4) is 0 Å². The SMILES string of the molecule is CCC(C)(O)CNC(=O)N[C@H]1CC[C@@H](C(=O)N2CCCCC2)C1. The predicted molar refractivity (Wildman–Crippen MR) is 89.0 cm³/mol. The van der Waals surface area contributed by atoms with Gasteiger partial charge < -0.3 is 20.6 Å². The van der Waals surface area contributed by atoms with E-state index in [0.29, 0.717) is 6.42 Å². The van der Waals surface area contributed by atoms with Crippen LogP contribution in [0.5, 0.6) is 0 Å². The van der Waals surface area contributed by atoms with Crippen LogP contribution >= 0.6 is 0 Å². The molecule has 1 saturated heterocycles. The Morgan fingerprint density at radius 1 is 1.22 bits per heavy atom. The van der Waals surface area contributed by atoms with E-state index in [2.05, 4.69) is 10.6 Å². The molecule has 1 saturated carbocycles. The van der Waals surface area contributed by atoms with Crippen LogP contribution in [0.4, 0.5) is 4.79 Å². The summed E-state index contributed by atoms with van der Waals surface area (Å²) < 4.78 is 0. The number of likely N-dealkylation sites (tertiary alicyclic amines) is 1. The number of nitrogens with one attached hydrogen (secondary N) is 2. The molecule has 0 radical (unpaired) electrons. The average Bonchev–Trinajstić information content (AvgIpc) is 3.01. The lowest BCUT2D eigenvalue weighted by atomic mass is 10.0. The van der Waals surface area contributed by atoms with Crippen LogP contribution in [-0.4, -0.2) is 53.2 Å². The molecule has 0 aromatic carbocycles. The minimum Gasteiger partial charge on any atom is -0.388 e. The number of rotatable bonds is 5. The molecule has 3 amide bonds. The molecule has 6 heteroatoms. The molecule has 2 rings (SSSR count). The Balaban J connectivity index is 1.72. The highest BCUT2D eigenvalue weighted by molar-refractivity contribution is 5.80. The second kappa shape index (κ2) is 7.99. The fourth-order valence-corrected chi connectivity index (χ4v) is 3.34. The Morgan fingerprint density at radius 2 is 1.91 bits per heavy atom. The van der Waals surface area contributed by atoms with E-state index < -0.39 is 5.60 Å². The van der Waals surface area contributed by atoms with Crippen LogP contribution in [0.25, 0.3) is 0 Å². The maximum absolute atomic E-state index is 12.5. The third-order valence-corrected chi connectivity index (χ3v) is 5.18. The van der Waals surface area contributed by atoms with Crippen LogP contribution in [0.1, 0.15) is 58.8 Å². The van der Waals surface area contributed by atoms with E-state index in [0.717, 1.165) is 45.2 Å². The van der Waals surface area contributed by atoms with Gasteiger partial charge in [0.2, 0.25) is 5.91 Å². The van der Waals surface area contributed by atoms with Gasteiger partial charge in [0, 0.05) is 31.6 Å². The first-order chi connectivity index (χ1) is 10.9. The molecule has 0 spiro atoms. The van der Waals surface area contributed by atoms with Crippen molar-refractivity contribution < 1.29 is 14.7 Å². The first kappa shape index (κ1) is 18.0. The normalized spacial score (nSPS) is 27.3. The summed E-state index contributed by atoms with van der Waals surface area (Å²) in [5, 5.41) is 15.5. The van der Waals surface area contributed by atoms with E-state index in [-0.39, 0.29) is 30.4 Å². The molecule has 0 bridgehead atoms. The fourth-order valence-electron chi connectivity index (χ4n) is 3.34. The highest BCUT2D eigenvalue weighted by Crippen LogP contribution is 2.28. The molecule has 1 heterocycles. The quantitative estimate of drug-likeness (QED) is 0.718. The van der Waals surface area contributed by atoms with Crippen LogP contribution in [0.15, 0.2) is 0 Å². The minimum absolute atomic E-state index is 0.0529. The number of amides is 3. The molecule has 1 aliphatic carbocycles. The van der Waals surface area contributed by atoms with Crippen LogP contribution < -0.4 is 10.6 Å². The maximum Gasteiger partial charge on any atom is 0.315 e. The molecule has 2 aliphatic rings. The summed E-state index contributed by atoms with van der Waals surface area (Å²) in [5.74, 6) is 0.320. The molecule has 23 heavy (non-hydrogen) atoms. The van der Waals surface area contributed by atoms with Crippen LogP contribution in [-0.2, 0) is 4.79 Å². The zero-order valence-corrected chi connectivity index (χ0v) is 14.4. The summed E-state index contributed by atoms with van der Waals surface area (Å²) in [4.78, 5) is 26.4. The van der Waals surface area contributed by atoms with Gasteiger partial charge in [0.15, 0.2) is 0 Å². The number of hydrogen-bond acceptors (Lipinski definition) is 3. The lowest BCUT2D eigenvalue weighted by Gasteiger charge is -2.29. The zero-order valence-electron chi connectivity index (χ0n) is 14.4. The van der Waals surface area contributed by atoms with Crippen LogP contribution in [0, 0.1) is 5.92 Å². The number of urea groups is 1. The number of hydrogen-bond donors (Lipinski definition) is 3. The van der Waals surface area contributed by atoms with Gasteiger partial charge in [0.1, 0.15) is 0 Å². The fraction of sp³-hybridized carbons (Fsp3) is 0.882. The summed E-state index contributed by atoms with van der Waals surface area (Å²) >= 11 is 0. The maximum atomic E-state index is 12.5. The lowest BCUT2D eigenvalue weighted by Crippen LogP contribution is -2.47. The van der Waals surface area contributed by atoms with Crippen molar-refractivity contribution in [3.8, 4) is 0 Å². The number of carbonyl (C=O) groups excluding carboxylic acids is 2. The van der Waals surface area contributed by atoms with Gasteiger partial charge in [-0.2, -0.15) is 0 Å². The van der Waals surface area contributed by atoms with Gasteiger partial charge in [-0.1, -0.05) is 6.92 Å². The van der Waals surface area contributed by atoms with Gasteiger partial charge >= 0.3 is 6.03 Å². The molecule has 3 atom stereocenters. The second-order valence-electron chi connectivity index (χ2n) is 7.27. The molecule has 1 unspecified atom stereocenters. The third-order valence-electron chi connectivity index (χ3n) is 5.18. The highest BCUT2D eigenvalue weighted by atomic mass is 16.3. The largest absolute Gasteiger partial charge is 0.388 e. The molecule has 0 aromatic heterocycles. The van der Waals surface area contributed by atoms with Crippen molar-refractivity contribution in [1.29, 1.82) is 0 Å². The van der Waals surface area contributed by atoms with E-state index in [4.69, 9.17) is 0 Å².